The van der Waals surface area contributed by atoms with Crippen LogP contribution in [0.25, 0.3) is 0 Å². The number of benzene rings is 1. The minimum Gasteiger partial charge on any atom is -0.337 e. The fourth-order valence-corrected chi connectivity index (χ4v) is 4.84. The number of rotatable bonds is 4. The molecule has 0 unspecified atom stereocenters. The summed E-state index contributed by atoms with van der Waals surface area (Å²) in [5.74, 6) is -0.0524. The summed E-state index contributed by atoms with van der Waals surface area (Å²) in [6.45, 7) is 3.06. The topological polar surface area (TPSA) is 57.7 Å². The molecule has 1 aromatic carbocycles. The van der Waals surface area contributed by atoms with Gasteiger partial charge >= 0.3 is 0 Å². The van der Waals surface area contributed by atoms with Crippen LogP contribution in [0.4, 0.5) is 5.69 Å². The van der Waals surface area contributed by atoms with E-state index in [4.69, 9.17) is 0 Å². The van der Waals surface area contributed by atoms with Gasteiger partial charge in [-0.3, -0.25) is 9.10 Å². The van der Waals surface area contributed by atoms with Crippen LogP contribution >= 0.6 is 11.3 Å². The van der Waals surface area contributed by atoms with Gasteiger partial charge in [0.25, 0.3) is 5.91 Å². The van der Waals surface area contributed by atoms with Crippen molar-refractivity contribution >= 4 is 33.0 Å². The zero-order chi connectivity index (χ0) is 17.5. The number of fused-ring (bicyclic) bond motifs is 1. The normalized spacial score (nSPS) is 13.9. The van der Waals surface area contributed by atoms with Gasteiger partial charge in [0.1, 0.15) is 0 Å². The standard InChI is InChI=1S/C17H20N2O3S2/c1-12-7-9-23-16(12)11-18(2)17(20)14-4-5-15-13(10-14)6-8-19(15)24(3,21)22/h4-5,7,9-10H,6,8,11H2,1-3H3. The number of sulfonamides is 1. The molecule has 128 valence electrons. The molecule has 1 aromatic heterocycles. The second-order valence-corrected chi connectivity index (χ2v) is 9.02. The summed E-state index contributed by atoms with van der Waals surface area (Å²) in [7, 11) is -1.48. The van der Waals surface area contributed by atoms with E-state index in [-0.39, 0.29) is 5.91 Å². The lowest BCUT2D eigenvalue weighted by Crippen LogP contribution is -2.27. The van der Waals surface area contributed by atoms with E-state index in [1.807, 2.05) is 24.4 Å². The highest BCUT2D eigenvalue weighted by atomic mass is 32.2. The van der Waals surface area contributed by atoms with Gasteiger partial charge in [-0.25, -0.2) is 8.42 Å². The third kappa shape index (κ3) is 3.18. The van der Waals surface area contributed by atoms with E-state index in [0.717, 1.165) is 5.56 Å². The van der Waals surface area contributed by atoms with Crippen LogP contribution < -0.4 is 4.31 Å². The maximum Gasteiger partial charge on any atom is 0.253 e. The molecule has 24 heavy (non-hydrogen) atoms. The highest BCUT2D eigenvalue weighted by molar-refractivity contribution is 7.92. The Kier molecular flexibility index (Phi) is 4.40. The van der Waals surface area contributed by atoms with E-state index in [9.17, 15) is 13.2 Å². The summed E-state index contributed by atoms with van der Waals surface area (Å²) in [6, 6.07) is 7.32. The first-order valence-corrected chi connectivity index (χ1v) is 10.4. The van der Waals surface area contributed by atoms with Gasteiger partial charge in [0.2, 0.25) is 10.0 Å². The molecule has 2 aromatic rings. The Morgan fingerprint density at radius 2 is 2.08 bits per heavy atom. The van der Waals surface area contributed by atoms with Crippen molar-refractivity contribution in [2.45, 2.75) is 19.9 Å². The van der Waals surface area contributed by atoms with Crippen molar-refractivity contribution in [2.75, 3.05) is 24.2 Å². The van der Waals surface area contributed by atoms with E-state index >= 15 is 0 Å². The number of aryl methyl sites for hydroxylation is 1. The molecule has 7 heteroatoms. The van der Waals surface area contributed by atoms with Crippen LogP contribution in [-0.2, 0) is 23.0 Å². The predicted molar refractivity (Wildman–Crippen MR) is 97.2 cm³/mol. The fraction of sp³-hybridized carbons (Fsp3) is 0.353. The molecule has 0 atom stereocenters. The van der Waals surface area contributed by atoms with Gasteiger partial charge in [-0.15, -0.1) is 11.3 Å². The summed E-state index contributed by atoms with van der Waals surface area (Å²) in [5, 5.41) is 2.03. The maximum absolute atomic E-state index is 12.7. The summed E-state index contributed by atoms with van der Waals surface area (Å²) < 4.78 is 25.0. The molecule has 0 bridgehead atoms. The van der Waals surface area contributed by atoms with E-state index in [0.29, 0.717) is 30.8 Å². The first kappa shape index (κ1) is 17.0. The number of nitrogens with zero attached hydrogens (tertiary/aromatic N) is 2. The highest BCUT2D eigenvalue weighted by Crippen LogP contribution is 2.31. The summed E-state index contributed by atoms with van der Waals surface area (Å²) >= 11 is 1.65. The molecule has 2 heterocycles. The van der Waals surface area contributed by atoms with Crippen molar-refractivity contribution in [3.8, 4) is 0 Å². The number of hydrogen-bond donors (Lipinski definition) is 0. The van der Waals surface area contributed by atoms with Crippen LogP contribution in [0.5, 0.6) is 0 Å². The van der Waals surface area contributed by atoms with Gasteiger partial charge in [0.15, 0.2) is 0 Å². The van der Waals surface area contributed by atoms with Crippen LogP contribution in [0.2, 0.25) is 0 Å². The lowest BCUT2D eigenvalue weighted by Gasteiger charge is -2.19. The quantitative estimate of drug-likeness (QED) is 0.838. The van der Waals surface area contributed by atoms with Crippen molar-refractivity contribution < 1.29 is 13.2 Å². The zero-order valence-corrected chi connectivity index (χ0v) is 15.6. The Morgan fingerprint density at radius 1 is 1.33 bits per heavy atom. The van der Waals surface area contributed by atoms with Gasteiger partial charge < -0.3 is 4.90 Å². The largest absolute Gasteiger partial charge is 0.337 e. The Labute approximate surface area is 146 Å². The second kappa shape index (κ2) is 6.22. The Hall–Kier alpha value is -1.86. The molecule has 0 fully saturated rings. The number of thiophene rings is 1. The Morgan fingerprint density at radius 3 is 2.71 bits per heavy atom. The molecular weight excluding hydrogens is 344 g/mol. The number of carbonyl (C=O) groups excluding carboxylic acids is 1. The molecule has 0 aliphatic carbocycles. The Balaban J connectivity index is 1.81. The smallest absolute Gasteiger partial charge is 0.253 e. The molecule has 1 amide bonds. The molecule has 1 aliphatic heterocycles. The minimum absolute atomic E-state index is 0.0524. The zero-order valence-electron chi connectivity index (χ0n) is 13.9. The third-order valence-electron chi connectivity index (χ3n) is 4.28. The van der Waals surface area contributed by atoms with Crippen molar-refractivity contribution in [1.82, 2.24) is 4.90 Å². The average Bonchev–Trinajstić information content (AvgIpc) is 3.12. The highest BCUT2D eigenvalue weighted by Gasteiger charge is 2.27. The number of amides is 1. The molecule has 0 saturated carbocycles. The van der Waals surface area contributed by atoms with E-state index in [1.54, 1.807) is 35.4 Å². The van der Waals surface area contributed by atoms with Crippen LogP contribution in [0.3, 0.4) is 0 Å². The van der Waals surface area contributed by atoms with Crippen LogP contribution in [0, 0.1) is 6.92 Å². The van der Waals surface area contributed by atoms with Crippen molar-refractivity contribution in [3.05, 3.63) is 51.2 Å². The average molecular weight is 364 g/mol. The molecule has 0 radical (unpaired) electrons. The monoisotopic (exact) mass is 364 g/mol. The van der Waals surface area contributed by atoms with E-state index in [1.165, 1.54) is 21.0 Å². The predicted octanol–water partition coefficient (Wildman–Crippen LogP) is 2.65. The lowest BCUT2D eigenvalue weighted by atomic mass is 10.1. The summed E-state index contributed by atoms with van der Waals surface area (Å²) in [5.41, 5.74) is 3.39. The number of carbonyl (C=O) groups is 1. The molecule has 5 nitrogen and oxygen atoms in total. The van der Waals surface area contributed by atoms with Crippen LogP contribution in [-0.4, -0.2) is 39.1 Å². The first-order valence-electron chi connectivity index (χ1n) is 7.66. The van der Waals surface area contributed by atoms with Crippen molar-refractivity contribution in [3.63, 3.8) is 0 Å². The van der Waals surface area contributed by atoms with Crippen LogP contribution in [0.15, 0.2) is 29.6 Å². The second-order valence-electron chi connectivity index (χ2n) is 6.12. The van der Waals surface area contributed by atoms with Gasteiger partial charge in [-0.1, -0.05) is 0 Å². The summed E-state index contributed by atoms with van der Waals surface area (Å²) in [4.78, 5) is 15.5. The van der Waals surface area contributed by atoms with Crippen molar-refractivity contribution in [1.29, 1.82) is 0 Å². The Bertz CT molecular complexity index is 887. The first-order chi connectivity index (χ1) is 11.3. The SMILES string of the molecule is Cc1ccsc1CN(C)C(=O)c1ccc2c(c1)CCN2S(C)(=O)=O. The molecule has 1 aliphatic rings. The maximum atomic E-state index is 12.7. The van der Waals surface area contributed by atoms with Crippen molar-refractivity contribution in [2.24, 2.45) is 0 Å². The lowest BCUT2D eigenvalue weighted by molar-refractivity contribution is 0.0786. The molecule has 0 N–H and O–H groups in total. The van der Waals surface area contributed by atoms with Gasteiger partial charge in [-0.05, 0) is 54.1 Å². The van der Waals surface area contributed by atoms with Crippen LogP contribution in [0.1, 0.15) is 26.4 Å². The van der Waals surface area contributed by atoms with E-state index in [2.05, 4.69) is 0 Å². The number of anilines is 1. The van der Waals surface area contributed by atoms with Gasteiger partial charge in [-0.2, -0.15) is 0 Å². The minimum atomic E-state index is -3.27. The third-order valence-corrected chi connectivity index (χ3v) is 6.46. The summed E-state index contributed by atoms with van der Waals surface area (Å²) in [6.07, 6.45) is 1.84. The number of hydrogen-bond acceptors (Lipinski definition) is 4. The molecule has 3 rings (SSSR count). The molecule has 0 spiro atoms. The van der Waals surface area contributed by atoms with E-state index < -0.39 is 10.0 Å². The molecular formula is C17H20N2O3S2. The van der Waals surface area contributed by atoms with Gasteiger partial charge in [0.05, 0.1) is 18.5 Å². The fourth-order valence-electron chi connectivity index (χ4n) is 2.92. The molecule has 0 saturated heterocycles. The van der Waals surface area contributed by atoms with Gasteiger partial charge in [0, 0.05) is 24.0 Å².